The van der Waals surface area contributed by atoms with Gasteiger partial charge in [-0.2, -0.15) is 0 Å². The Morgan fingerprint density at radius 3 is 2.57 bits per heavy atom. The number of anilines is 2. The largest absolute Gasteiger partial charge is 0.530 e. The van der Waals surface area contributed by atoms with E-state index in [2.05, 4.69) is 22.2 Å². The molecular formula is C20H23FN5O4-. The van der Waals surface area contributed by atoms with Crippen LogP contribution in [0, 0.1) is 5.82 Å². The Labute approximate surface area is 173 Å². The van der Waals surface area contributed by atoms with Crippen molar-refractivity contribution in [2.24, 2.45) is 0 Å². The second-order valence-corrected chi connectivity index (χ2v) is 7.11. The van der Waals surface area contributed by atoms with Gasteiger partial charge in [0, 0.05) is 31.4 Å². The number of benzene rings is 1. The summed E-state index contributed by atoms with van der Waals surface area (Å²) in [6, 6.07) is 6.64. The second kappa shape index (κ2) is 9.40. The highest BCUT2D eigenvalue weighted by molar-refractivity contribution is 5.88. The summed E-state index contributed by atoms with van der Waals surface area (Å²) in [5.41, 5.74) is -0.234. The monoisotopic (exact) mass is 416 g/mol. The third-order valence-electron chi connectivity index (χ3n) is 4.94. The standard InChI is InChI=1S/C20H24FN5O4/c1-25-9-6-13(7-10-25)26(2)19(27)24-18-12-15(5-8-22-18)30-14-3-4-17(16(21)11-14)23-20(28)29/h3-5,8,11-13,23H,6-7,9-10H2,1-2H3,(H,28,29)(H,22,24,27)/p-1. The summed E-state index contributed by atoms with van der Waals surface area (Å²) >= 11 is 0. The molecule has 0 radical (unpaired) electrons. The van der Waals surface area contributed by atoms with Crippen molar-refractivity contribution >= 4 is 23.6 Å². The molecule has 1 saturated heterocycles. The minimum atomic E-state index is -1.61. The molecule has 1 aromatic heterocycles. The number of aromatic nitrogens is 1. The van der Waals surface area contributed by atoms with Gasteiger partial charge < -0.3 is 29.8 Å². The van der Waals surface area contributed by atoms with Gasteiger partial charge in [-0.05, 0) is 51.2 Å². The maximum Gasteiger partial charge on any atom is 0.323 e. The molecule has 3 amide bonds. The van der Waals surface area contributed by atoms with E-state index < -0.39 is 11.9 Å². The lowest BCUT2D eigenvalue weighted by atomic mass is 10.0. The molecule has 160 valence electrons. The summed E-state index contributed by atoms with van der Waals surface area (Å²) in [7, 11) is 3.82. The molecule has 9 nitrogen and oxygen atoms in total. The van der Waals surface area contributed by atoms with Crippen LogP contribution in [0.3, 0.4) is 0 Å². The van der Waals surface area contributed by atoms with Crippen LogP contribution in [0.4, 0.5) is 25.5 Å². The summed E-state index contributed by atoms with van der Waals surface area (Å²) in [5, 5.41) is 15.1. The molecule has 1 aromatic carbocycles. The predicted molar refractivity (Wildman–Crippen MR) is 107 cm³/mol. The van der Waals surface area contributed by atoms with E-state index in [9.17, 15) is 19.1 Å². The average Bonchev–Trinajstić information content (AvgIpc) is 2.70. The topological polar surface area (TPSA) is 110 Å². The number of hydrogen-bond donors (Lipinski definition) is 2. The van der Waals surface area contributed by atoms with Crippen molar-refractivity contribution in [1.29, 1.82) is 0 Å². The van der Waals surface area contributed by atoms with E-state index in [0.717, 1.165) is 32.0 Å². The van der Waals surface area contributed by atoms with Gasteiger partial charge in [0.2, 0.25) is 0 Å². The number of carboxylic acid groups (broad SMARTS) is 1. The van der Waals surface area contributed by atoms with E-state index in [1.807, 2.05) is 5.32 Å². The van der Waals surface area contributed by atoms with Gasteiger partial charge in [-0.25, -0.2) is 14.2 Å². The lowest BCUT2D eigenvalue weighted by Crippen LogP contribution is -2.46. The summed E-state index contributed by atoms with van der Waals surface area (Å²) < 4.78 is 19.5. The normalized spacial score (nSPS) is 14.8. The van der Waals surface area contributed by atoms with Crippen molar-refractivity contribution in [3.63, 3.8) is 0 Å². The van der Waals surface area contributed by atoms with Crippen LogP contribution in [0.1, 0.15) is 12.8 Å². The first-order chi connectivity index (χ1) is 14.3. The van der Waals surface area contributed by atoms with Gasteiger partial charge in [-0.15, -0.1) is 0 Å². The molecule has 0 saturated carbocycles. The van der Waals surface area contributed by atoms with Crippen LogP contribution in [-0.2, 0) is 0 Å². The van der Waals surface area contributed by atoms with Gasteiger partial charge in [0.1, 0.15) is 29.2 Å². The molecule has 2 heterocycles. The van der Waals surface area contributed by atoms with E-state index in [0.29, 0.717) is 11.6 Å². The molecule has 2 aromatic rings. The van der Waals surface area contributed by atoms with Crippen molar-refractivity contribution in [2.45, 2.75) is 18.9 Å². The molecule has 0 spiro atoms. The first kappa shape index (κ1) is 21.3. The van der Waals surface area contributed by atoms with E-state index >= 15 is 0 Å². The zero-order chi connectivity index (χ0) is 21.7. The highest BCUT2D eigenvalue weighted by Crippen LogP contribution is 2.26. The fourth-order valence-corrected chi connectivity index (χ4v) is 3.20. The number of likely N-dealkylation sites (tertiary alicyclic amines) is 1. The predicted octanol–water partition coefficient (Wildman–Crippen LogP) is 2.33. The zero-order valence-electron chi connectivity index (χ0n) is 16.7. The summed E-state index contributed by atoms with van der Waals surface area (Å²) in [4.78, 5) is 31.1. The number of carbonyl (C=O) groups is 2. The van der Waals surface area contributed by atoms with Crippen molar-refractivity contribution in [3.8, 4) is 11.5 Å². The van der Waals surface area contributed by atoms with Crippen LogP contribution in [-0.4, -0.2) is 60.1 Å². The fraction of sp³-hybridized carbons (Fsp3) is 0.350. The molecule has 0 unspecified atom stereocenters. The molecule has 1 aliphatic heterocycles. The van der Waals surface area contributed by atoms with Crippen LogP contribution in [0.25, 0.3) is 0 Å². The molecule has 1 aliphatic rings. The van der Waals surface area contributed by atoms with Crippen LogP contribution in [0.15, 0.2) is 36.5 Å². The molecule has 0 bridgehead atoms. The number of amides is 3. The molecule has 0 aliphatic carbocycles. The molecular weight excluding hydrogens is 393 g/mol. The third-order valence-corrected chi connectivity index (χ3v) is 4.94. The molecule has 3 rings (SSSR count). The van der Waals surface area contributed by atoms with E-state index in [4.69, 9.17) is 4.74 Å². The van der Waals surface area contributed by atoms with Crippen molar-refractivity contribution in [2.75, 3.05) is 37.8 Å². The number of carbonyl (C=O) groups excluding carboxylic acids is 2. The molecule has 0 atom stereocenters. The smallest absolute Gasteiger partial charge is 0.323 e. The van der Waals surface area contributed by atoms with Crippen LogP contribution >= 0.6 is 0 Å². The SMILES string of the molecule is CN1CCC(N(C)C(=O)Nc2cc(Oc3ccc(NC(=O)[O-])c(F)c3)ccn2)CC1. The number of pyridine rings is 1. The van der Waals surface area contributed by atoms with E-state index in [-0.39, 0.29) is 23.5 Å². The zero-order valence-corrected chi connectivity index (χ0v) is 16.7. The van der Waals surface area contributed by atoms with Crippen LogP contribution in [0.2, 0.25) is 0 Å². The van der Waals surface area contributed by atoms with E-state index in [1.54, 1.807) is 18.0 Å². The number of nitrogens with one attached hydrogen (secondary N) is 2. The van der Waals surface area contributed by atoms with Gasteiger partial charge in [0.05, 0.1) is 5.69 Å². The summed E-state index contributed by atoms with van der Waals surface area (Å²) in [5.74, 6) is -0.0161. The van der Waals surface area contributed by atoms with Gasteiger partial charge >= 0.3 is 6.03 Å². The molecule has 10 heteroatoms. The second-order valence-electron chi connectivity index (χ2n) is 7.11. The maximum absolute atomic E-state index is 13.9. The van der Waals surface area contributed by atoms with Gasteiger partial charge in [0.15, 0.2) is 0 Å². The minimum absolute atomic E-state index is 0.156. The number of rotatable bonds is 5. The number of hydrogen-bond acceptors (Lipinski definition) is 6. The fourth-order valence-electron chi connectivity index (χ4n) is 3.20. The number of urea groups is 1. The highest BCUT2D eigenvalue weighted by atomic mass is 19.1. The number of piperidine rings is 1. The first-order valence-corrected chi connectivity index (χ1v) is 9.45. The van der Waals surface area contributed by atoms with E-state index in [1.165, 1.54) is 24.4 Å². The minimum Gasteiger partial charge on any atom is -0.530 e. The van der Waals surface area contributed by atoms with Crippen LogP contribution < -0.4 is 20.5 Å². The highest BCUT2D eigenvalue weighted by Gasteiger charge is 2.24. The lowest BCUT2D eigenvalue weighted by Gasteiger charge is -2.34. The lowest BCUT2D eigenvalue weighted by molar-refractivity contribution is -0.242. The molecule has 30 heavy (non-hydrogen) atoms. The maximum atomic E-state index is 13.9. The Bertz CT molecular complexity index is 918. The molecule has 1 fully saturated rings. The Hall–Kier alpha value is -3.40. The Balaban J connectivity index is 1.62. The number of ether oxygens (including phenoxy) is 1. The number of halogens is 1. The Morgan fingerprint density at radius 1 is 1.20 bits per heavy atom. The quantitative estimate of drug-likeness (QED) is 0.774. The van der Waals surface area contributed by atoms with Gasteiger partial charge in [0.25, 0.3) is 0 Å². The number of nitrogens with zero attached hydrogens (tertiary/aromatic N) is 3. The average molecular weight is 416 g/mol. The Morgan fingerprint density at radius 2 is 1.90 bits per heavy atom. The van der Waals surface area contributed by atoms with Crippen molar-refractivity contribution in [3.05, 3.63) is 42.3 Å². The molecule has 2 N–H and O–H groups in total. The summed E-state index contributed by atoms with van der Waals surface area (Å²) in [6.07, 6.45) is 1.67. The van der Waals surface area contributed by atoms with Crippen molar-refractivity contribution in [1.82, 2.24) is 14.8 Å². The third kappa shape index (κ3) is 5.57. The Kier molecular flexibility index (Phi) is 6.68. The van der Waals surface area contributed by atoms with Crippen LogP contribution in [0.5, 0.6) is 11.5 Å². The van der Waals surface area contributed by atoms with Gasteiger partial charge in [-0.1, -0.05) is 0 Å². The van der Waals surface area contributed by atoms with Gasteiger partial charge in [-0.3, -0.25) is 5.32 Å². The summed E-state index contributed by atoms with van der Waals surface area (Å²) in [6.45, 7) is 1.88. The first-order valence-electron chi connectivity index (χ1n) is 9.45. The van der Waals surface area contributed by atoms with Crippen molar-refractivity contribution < 1.29 is 23.8 Å².